The fourth-order valence-electron chi connectivity index (χ4n) is 4.33. The highest BCUT2D eigenvalue weighted by Crippen LogP contribution is 2.28. The summed E-state index contributed by atoms with van der Waals surface area (Å²) in [5.41, 5.74) is 2.68. The Bertz CT molecular complexity index is 1610. The quantitative estimate of drug-likeness (QED) is 0.283. The van der Waals surface area contributed by atoms with Gasteiger partial charge in [0.05, 0.1) is 11.6 Å². The van der Waals surface area contributed by atoms with Crippen LogP contribution in [-0.4, -0.2) is 32.4 Å². The van der Waals surface area contributed by atoms with Crippen LogP contribution in [0, 0.1) is 0 Å². The molecule has 1 heterocycles. The van der Waals surface area contributed by atoms with Gasteiger partial charge in [0, 0.05) is 30.9 Å². The number of aromatic nitrogens is 2. The van der Waals surface area contributed by atoms with Gasteiger partial charge in [0.15, 0.2) is 0 Å². The Morgan fingerprint density at radius 1 is 0.825 bits per heavy atom. The summed E-state index contributed by atoms with van der Waals surface area (Å²) in [6.45, 7) is 3.29. The largest absolute Gasteiger partial charge is 0.481 e. The van der Waals surface area contributed by atoms with Crippen molar-refractivity contribution in [1.29, 1.82) is 0 Å². The third-order valence-corrected chi connectivity index (χ3v) is 6.76. The van der Waals surface area contributed by atoms with E-state index in [2.05, 4.69) is 10.6 Å². The number of hydrogen-bond acceptors (Lipinski definition) is 5. The Balaban J connectivity index is 1.55. The smallest absolute Gasteiger partial charge is 0.412 e. The van der Waals surface area contributed by atoms with E-state index in [0.717, 1.165) is 5.56 Å². The normalized spacial score (nSPS) is 12.3. The fourth-order valence-corrected chi connectivity index (χ4v) is 4.33. The van der Waals surface area contributed by atoms with E-state index < -0.39 is 35.6 Å². The van der Waals surface area contributed by atoms with Gasteiger partial charge in [-0.2, -0.15) is 0 Å². The number of hydrogen-bond donors (Lipinski definition) is 3. The van der Waals surface area contributed by atoms with Crippen LogP contribution in [0.1, 0.15) is 47.4 Å². The number of nitrogens with zero attached hydrogens (tertiary/aromatic N) is 2. The molecule has 3 N–H and O–H groups in total. The first-order valence-electron chi connectivity index (χ1n) is 12.6. The van der Waals surface area contributed by atoms with Gasteiger partial charge in [-0.05, 0) is 43.2 Å². The number of nitrogens with one attached hydrogen (secondary N) is 2. The molecule has 0 fully saturated rings. The SMILES string of the molecule is CC(OC(=O)Nc1c(-c2ccc(C(=O)Nc3ccccc3C(C)C(=O)O)cc2)n(C)n(C)c1=O)c1ccccc1. The zero-order valence-corrected chi connectivity index (χ0v) is 22.5. The molecule has 2 amide bonds. The molecule has 0 aliphatic heterocycles. The van der Waals surface area contributed by atoms with Crippen molar-refractivity contribution in [3.05, 3.63) is 106 Å². The molecule has 206 valence electrons. The average Bonchev–Trinajstić information content (AvgIpc) is 3.16. The minimum Gasteiger partial charge on any atom is -0.481 e. The average molecular weight is 543 g/mol. The Hall–Kier alpha value is -5.12. The van der Waals surface area contributed by atoms with Crippen molar-refractivity contribution >= 4 is 29.3 Å². The molecule has 3 aromatic carbocycles. The topological polar surface area (TPSA) is 132 Å². The number of amides is 2. The number of carbonyl (C=O) groups excluding carboxylic acids is 2. The summed E-state index contributed by atoms with van der Waals surface area (Å²) in [7, 11) is 3.26. The van der Waals surface area contributed by atoms with Crippen molar-refractivity contribution < 1.29 is 24.2 Å². The molecule has 10 heteroatoms. The lowest BCUT2D eigenvalue weighted by molar-refractivity contribution is -0.138. The molecule has 0 aliphatic rings. The molecule has 4 aromatic rings. The van der Waals surface area contributed by atoms with E-state index in [-0.39, 0.29) is 5.69 Å². The lowest BCUT2D eigenvalue weighted by Gasteiger charge is -2.15. The molecule has 0 spiro atoms. The predicted molar refractivity (Wildman–Crippen MR) is 151 cm³/mol. The van der Waals surface area contributed by atoms with Gasteiger partial charge in [0.2, 0.25) is 0 Å². The third-order valence-electron chi connectivity index (χ3n) is 6.76. The Labute approximate surface area is 230 Å². The highest BCUT2D eigenvalue weighted by atomic mass is 16.6. The maximum atomic E-state index is 13.0. The number of rotatable bonds is 8. The summed E-state index contributed by atoms with van der Waals surface area (Å²) >= 11 is 0. The minimum absolute atomic E-state index is 0.0454. The molecule has 0 saturated heterocycles. The van der Waals surface area contributed by atoms with Gasteiger partial charge >= 0.3 is 12.1 Å². The summed E-state index contributed by atoms with van der Waals surface area (Å²) < 4.78 is 8.43. The molecular formula is C30H30N4O6. The summed E-state index contributed by atoms with van der Waals surface area (Å²) in [5, 5.41) is 14.8. The first kappa shape index (κ1) is 27.9. The van der Waals surface area contributed by atoms with E-state index in [0.29, 0.717) is 28.1 Å². The molecule has 0 radical (unpaired) electrons. The van der Waals surface area contributed by atoms with Gasteiger partial charge in [0.1, 0.15) is 11.8 Å². The number of aliphatic carboxylic acids is 1. The van der Waals surface area contributed by atoms with Crippen LogP contribution in [0.15, 0.2) is 83.7 Å². The van der Waals surface area contributed by atoms with Crippen LogP contribution in [0.2, 0.25) is 0 Å². The first-order valence-corrected chi connectivity index (χ1v) is 12.6. The lowest BCUT2D eigenvalue weighted by Crippen LogP contribution is -2.22. The Morgan fingerprint density at radius 3 is 2.10 bits per heavy atom. The molecule has 2 unspecified atom stereocenters. The number of carboxylic acids is 1. The highest BCUT2D eigenvalue weighted by molar-refractivity contribution is 6.05. The lowest BCUT2D eigenvalue weighted by atomic mass is 9.99. The molecule has 0 aliphatic carbocycles. The summed E-state index contributed by atoms with van der Waals surface area (Å²) in [6.07, 6.45) is -1.30. The molecule has 40 heavy (non-hydrogen) atoms. The number of carboxylic acid groups (broad SMARTS) is 1. The van der Waals surface area contributed by atoms with Crippen LogP contribution in [0.4, 0.5) is 16.2 Å². The van der Waals surface area contributed by atoms with Crippen molar-refractivity contribution in [3.8, 4) is 11.3 Å². The van der Waals surface area contributed by atoms with Crippen molar-refractivity contribution in [3.63, 3.8) is 0 Å². The molecule has 10 nitrogen and oxygen atoms in total. The zero-order valence-electron chi connectivity index (χ0n) is 22.5. The van der Waals surface area contributed by atoms with E-state index in [1.165, 1.54) is 4.68 Å². The molecule has 0 saturated carbocycles. The maximum Gasteiger partial charge on any atom is 0.412 e. The summed E-state index contributed by atoms with van der Waals surface area (Å²) in [4.78, 5) is 50.1. The van der Waals surface area contributed by atoms with Gasteiger partial charge in [-0.3, -0.25) is 29.1 Å². The van der Waals surface area contributed by atoms with E-state index in [9.17, 15) is 24.3 Å². The fraction of sp³-hybridized carbons (Fsp3) is 0.200. The second-order valence-electron chi connectivity index (χ2n) is 9.34. The second-order valence-corrected chi connectivity index (χ2v) is 9.34. The minimum atomic E-state index is -0.998. The number of ether oxygens (including phenoxy) is 1. The van der Waals surface area contributed by atoms with E-state index in [1.807, 2.05) is 30.3 Å². The predicted octanol–water partition coefficient (Wildman–Crippen LogP) is 5.14. The zero-order chi connectivity index (χ0) is 29.0. The van der Waals surface area contributed by atoms with Gasteiger partial charge in [-0.25, -0.2) is 4.79 Å². The highest BCUT2D eigenvalue weighted by Gasteiger charge is 2.23. The van der Waals surface area contributed by atoms with Gasteiger partial charge in [-0.15, -0.1) is 0 Å². The number of anilines is 2. The molecular weight excluding hydrogens is 512 g/mol. The van der Waals surface area contributed by atoms with E-state index in [4.69, 9.17) is 4.74 Å². The maximum absolute atomic E-state index is 13.0. The molecule has 0 bridgehead atoms. The summed E-state index contributed by atoms with van der Waals surface area (Å²) in [5.74, 6) is -2.22. The molecule has 2 atom stereocenters. The summed E-state index contributed by atoms with van der Waals surface area (Å²) in [6, 6.07) is 22.5. The van der Waals surface area contributed by atoms with Crippen LogP contribution < -0.4 is 16.2 Å². The number of carbonyl (C=O) groups is 3. The third kappa shape index (κ3) is 5.80. The van der Waals surface area contributed by atoms with Gasteiger partial charge in [0.25, 0.3) is 11.5 Å². The Morgan fingerprint density at radius 2 is 1.45 bits per heavy atom. The van der Waals surface area contributed by atoms with Crippen LogP contribution in [0.25, 0.3) is 11.3 Å². The second kappa shape index (κ2) is 11.7. The molecule has 4 rings (SSSR count). The van der Waals surface area contributed by atoms with E-state index in [1.54, 1.807) is 81.2 Å². The number of para-hydroxylation sites is 1. The van der Waals surface area contributed by atoms with Crippen molar-refractivity contribution in [2.75, 3.05) is 10.6 Å². The van der Waals surface area contributed by atoms with Crippen molar-refractivity contribution in [1.82, 2.24) is 9.36 Å². The van der Waals surface area contributed by atoms with Crippen LogP contribution >= 0.6 is 0 Å². The Kier molecular flexibility index (Phi) is 8.18. The molecule has 1 aromatic heterocycles. The van der Waals surface area contributed by atoms with Crippen LogP contribution in [-0.2, 0) is 23.6 Å². The first-order chi connectivity index (χ1) is 19.1. The van der Waals surface area contributed by atoms with Crippen LogP contribution in [0.3, 0.4) is 0 Å². The monoisotopic (exact) mass is 542 g/mol. The standard InChI is InChI=1S/C30H30N4O6/c1-18(29(37)38)23-12-8-9-13-24(23)31-27(35)22-16-14-21(15-17-22)26-25(28(36)34(4)33(26)3)32-30(39)40-19(2)20-10-6-5-7-11-20/h5-19H,1-4H3,(H,31,35)(H,32,39)(H,37,38). The van der Waals surface area contributed by atoms with E-state index >= 15 is 0 Å². The van der Waals surface area contributed by atoms with Crippen molar-refractivity contribution in [2.24, 2.45) is 14.1 Å². The number of benzene rings is 3. The van der Waals surface area contributed by atoms with Gasteiger partial charge in [-0.1, -0.05) is 60.7 Å². The van der Waals surface area contributed by atoms with Crippen LogP contribution in [0.5, 0.6) is 0 Å². The van der Waals surface area contributed by atoms with Gasteiger partial charge < -0.3 is 15.2 Å². The van der Waals surface area contributed by atoms with Crippen molar-refractivity contribution in [2.45, 2.75) is 25.9 Å².